The van der Waals surface area contributed by atoms with Crippen molar-refractivity contribution in [3.8, 4) is 11.5 Å². The second-order valence-corrected chi connectivity index (χ2v) is 4.96. The van der Waals surface area contributed by atoms with Gasteiger partial charge >= 0.3 is 0 Å². The molecule has 1 aromatic heterocycles. The number of hydrogen-bond acceptors (Lipinski definition) is 3. The summed E-state index contributed by atoms with van der Waals surface area (Å²) >= 11 is 4.20. The summed E-state index contributed by atoms with van der Waals surface area (Å²) in [6.45, 7) is 0. The zero-order valence-corrected chi connectivity index (χ0v) is 10.6. The number of rotatable bonds is 3. The summed E-state index contributed by atoms with van der Waals surface area (Å²) < 4.78 is 32.0. The Labute approximate surface area is 108 Å². The third-order valence-corrected chi connectivity index (χ3v) is 3.19. The maximum Gasteiger partial charge on any atom is 0.201 e. The van der Waals surface area contributed by atoms with E-state index in [4.69, 9.17) is 4.74 Å². The molecule has 0 amide bonds. The molecule has 0 saturated heterocycles. The van der Waals surface area contributed by atoms with Crippen molar-refractivity contribution in [2.75, 3.05) is 0 Å². The first-order valence-corrected chi connectivity index (χ1v) is 6.13. The van der Waals surface area contributed by atoms with Crippen LogP contribution in [0.25, 0.3) is 0 Å². The molecule has 0 aliphatic rings. The van der Waals surface area contributed by atoms with Gasteiger partial charge in [0, 0.05) is 15.9 Å². The van der Waals surface area contributed by atoms with Gasteiger partial charge in [0.25, 0.3) is 0 Å². The van der Waals surface area contributed by atoms with Crippen LogP contribution < -0.4 is 4.74 Å². The number of hydrogen-bond donors (Lipinski definition) is 0. The van der Waals surface area contributed by atoms with E-state index in [2.05, 4.69) is 15.9 Å². The molecule has 0 aliphatic heterocycles. The van der Waals surface area contributed by atoms with Crippen molar-refractivity contribution in [2.45, 2.75) is 0 Å². The molecule has 0 N–H and O–H groups in total. The number of aldehydes is 1. The Morgan fingerprint density at radius 3 is 2.71 bits per heavy atom. The summed E-state index contributed by atoms with van der Waals surface area (Å²) in [7, 11) is 0. The summed E-state index contributed by atoms with van der Waals surface area (Å²) in [5.41, 5.74) is 0. The normalized spacial score (nSPS) is 10.3. The largest absolute Gasteiger partial charge is 0.453 e. The lowest BCUT2D eigenvalue weighted by Gasteiger charge is -2.05. The molecule has 0 spiro atoms. The molecule has 6 heteroatoms. The highest BCUT2D eigenvalue weighted by Gasteiger charge is 2.12. The topological polar surface area (TPSA) is 26.3 Å². The van der Waals surface area contributed by atoms with Gasteiger partial charge in [-0.3, -0.25) is 4.79 Å². The number of thiophene rings is 1. The van der Waals surface area contributed by atoms with E-state index < -0.39 is 11.6 Å². The van der Waals surface area contributed by atoms with Crippen LogP contribution in [-0.2, 0) is 0 Å². The molecule has 0 bridgehead atoms. The van der Waals surface area contributed by atoms with Crippen molar-refractivity contribution in [3.05, 3.63) is 44.6 Å². The molecule has 1 heterocycles. The molecule has 0 atom stereocenters. The molecule has 1 aromatic carbocycles. The van der Waals surface area contributed by atoms with Gasteiger partial charge in [-0.1, -0.05) is 15.9 Å². The lowest BCUT2D eigenvalue weighted by molar-refractivity contribution is 0.112. The van der Waals surface area contributed by atoms with Gasteiger partial charge in [-0.25, -0.2) is 4.39 Å². The third-order valence-electron chi connectivity index (χ3n) is 1.90. The van der Waals surface area contributed by atoms with Crippen molar-refractivity contribution in [3.63, 3.8) is 0 Å². The average molecular weight is 319 g/mol. The minimum atomic E-state index is -1.06. The zero-order valence-electron chi connectivity index (χ0n) is 8.25. The van der Waals surface area contributed by atoms with Crippen molar-refractivity contribution < 1.29 is 18.3 Å². The first-order valence-electron chi connectivity index (χ1n) is 4.46. The van der Waals surface area contributed by atoms with E-state index in [9.17, 15) is 13.6 Å². The average Bonchev–Trinajstić information content (AvgIpc) is 2.73. The van der Waals surface area contributed by atoms with E-state index in [-0.39, 0.29) is 5.75 Å². The molecule has 0 fully saturated rings. The van der Waals surface area contributed by atoms with Crippen LogP contribution in [-0.4, -0.2) is 6.29 Å². The van der Waals surface area contributed by atoms with Gasteiger partial charge in [-0.15, -0.1) is 11.3 Å². The predicted molar refractivity (Wildman–Crippen MR) is 63.8 cm³/mol. The fourth-order valence-corrected chi connectivity index (χ4v) is 2.20. The number of halogens is 3. The van der Waals surface area contributed by atoms with Crippen LogP contribution in [0.4, 0.5) is 8.78 Å². The second kappa shape index (κ2) is 4.93. The molecule has 2 aromatic rings. The Bertz CT molecular complexity index is 569. The second-order valence-electron chi connectivity index (χ2n) is 3.10. The minimum Gasteiger partial charge on any atom is -0.453 e. The minimum absolute atomic E-state index is 0.230. The number of carbonyl (C=O) groups excluding carboxylic acids is 1. The molecular weight excluding hydrogens is 314 g/mol. The van der Waals surface area contributed by atoms with E-state index in [1.807, 2.05) is 0 Å². The van der Waals surface area contributed by atoms with Gasteiger partial charge in [0.05, 0.1) is 4.88 Å². The quantitative estimate of drug-likeness (QED) is 0.619. The highest BCUT2D eigenvalue weighted by Crippen LogP contribution is 2.31. The molecule has 0 radical (unpaired) electrons. The standard InChI is InChI=1S/C11H5BrF2O2S/c12-6-1-9(13)11(14)10(2-6)16-7-3-8(4-15)17-5-7/h1-5H. The fourth-order valence-electron chi connectivity index (χ4n) is 1.18. The third kappa shape index (κ3) is 2.70. The Kier molecular flexibility index (Phi) is 3.54. The number of benzene rings is 1. The maximum absolute atomic E-state index is 13.4. The van der Waals surface area contributed by atoms with Crippen molar-refractivity contribution in [1.29, 1.82) is 0 Å². The lowest BCUT2D eigenvalue weighted by atomic mass is 10.3. The van der Waals surface area contributed by atoms with Crippen LogP contribution in [0.15, 0.2) is 28.1 Å². The van der Waals surface area contributed by atoms with Gasteiger partial charge < -0.3 is 4.74 Å². The molecule has 17 heavy (non-hydrogen) atoms. The van der Waals surface area contributed by atoms with E-state index in [1.165, 1.54) is 12.1 Å². The molecule has 0 unspecified atom stereocenters. The van der Waals surface area contributed by atoms with Gasteiger partial charge in [0.15, 0.2) is 17.9 Å². The Morgan fingerprint density at radius 1 is 1.29 bits per heavy atom. The summed E-state index contributed by atoms with van der Waals surface area (Å²) in [4.78, 5) is 10.9. The van der Waals surface area contributed by atoms with E-state index in [0.717, 1.165) is 17.4 Å². The summed E-state index contributed by atoms with van der Waals surface area (Å²) in [5.74, 6) is -1.99. The van der Waals surface area contributed by atoms with Crippen LogP contribution in [0.2, 0.25) is 0 Å². The highest BCUT2D eigenvalue weighted by molar-refractivity contribution is 9.10. The smallest absolute Gasteiger partial charge is 0.201 e. The summed E-state index contributed by atoms with van der Waals surface area (Å²) in [6.07, 6.45) is 0.662. The Hall–Kier alpha value is -1.27. The van der Waals surface area contributed by atoms with Crippen LogP contribution >= 0.6 is 27.3 Å². The maximum atomic E-state index is 13.4. The van der Waals surface area contributed by atoms with Gasteiger partial charge in [-0.2, -0.15) is 4.39 Å². The van der Waals surface area contributed by atoms with Gasteiger partial charge in [0.1, 0.15) is 5.75 Å². The van der Waals surface area contributed by atoms with Crippen LogP contribution in [0.3, 0.4) is 0 Å². The molecular formula is C11H5BrF2O2S. The molecule has 2 rings (SSSR count). The van der Waals surface area contributed by atoms with Crippen LogP contribution in [0, 0.1) is 11.6 Å². The van der Waals surface area contributed by atoms with Crippen LogP contribution in [0.5, 0.6) is 11.5 Å². The van der Waals surface area contributed by atoms with Crippen molar-refractivity contribution in [2.24, 2.45) is 0 Å². The van der Waals surface area contributed by atoms with Crippen molar-refractivity contribution >= 4 is 33.6 Å². The monoisotopic (exact) mass is 318 g/mol. The first kappa shape index (κ1) is 12.2. The van der Waals surface area contributed by atoms with E-state index in [1.54, 1.807) is 5.38 Å². The van der Waals surface area contributed by atoms with Gasteiger partial charge in [0.2, 0.25) is 5.82 Å². The lowest BCUT2D eigenvalue weighted by Crippen LogP contribution is -1.91. The predicted octanol–water partition coefficient (Wildman–Crippen LogP) is 4.39. The van der Waals surface area contributed by atoms with Crippen molar-refractivity contribution in [1.82, 2.24) is 0 Å². The van der Waals surface area contributed by atoms with E-state index >= 15 is 0 Å². The summed E-state index contributed by atoms with van der Waals surface area (Å²) in [6, 6.07) is 3.78. The number of carbonyl (C=O) groups is 1. The summed E-state index contributed by atoms with van der Waals surface area (Å²) in [5, 5.41) is 1.54. The Balaban J connectivity index is 2.32. The number of ether oxygens (including phenoxy) is 1. The molecule has 2 nitrogen and oxygen atoms in total. The highest BCUT2D eigenvalue weighted by atomic mass is 79.9. The molecule has 0 aliphatic carbocycles. The SMILES string of the molecule is O=Cc1cc(Oc2cc(Br)cc(F)c2F)cs1. The van der Waals surface area contributed by atoms with E-state index in [0.29, 0.717) is 21.4 Å². The molecule has 0 saturated carbocycles. The molecule has 88 valence electrons. The van der Waals surface area contributed by atoms with Crippen LogP contribution in [0.1, 0.15) is 9.67 Å². The fraction of sp³-hybridized carbons (Fsp3) is 0. The zero-order chi connectivity index (χ0) is 12.4. The Morgan fingerprint density at radius 2 is 2.06 bits per heavy atom. The van der Waals surface area contributed by atoms with Gasteiger partial charge in [-0.05, 0) is 12.1 Å². The first-order chi connectivity index (χ1) is 8.10.